The van der Waals surface area contributed by atoms with Gasteiger partial charge in [-0.1, -0.05) is 60.3 Å². The fraction of sp³-hybridized carbons (Fsp3) is 0.908. The number of carbonyl (C=O) groups excluding carboxylic acids is 6. The van der Waals surface area contributed by atoms with Crippen LogP contribution in [-0.2, 0) is 57.2 Å². The molecule has 3 aliphatic rings. The Balaban J connectivity index is 1.37. The minimum Gasteiger partial charge on any atom is -0.394 e. The Hall–Kier alpha value is -3.62. The molecule has 3 aliphatic heterocycles. The molecule has 0 spiro atoms. The number of aliphatic hydroxyl groups excluding tert-OH is 9. The van der Waals surface area contributed by atoms with E-state index in [1.54, 1.807) is 20.8 Å². The van der Waals surface area contributed by atoms with Crippen molar-refractivity contribution in [1.29, 1.82) is 0 Å². The van der Waals surface area contributed by atoms with Gasteiger partial charge in [0, 0.05) is 127 Å². The minimum atomic E-state index is -1.19. The molecule has 0 aromatic heterocycles. The van der Waals surface area contributed by atoms with Gasteiger partial charge in [-0.25, -0.2) is 0 Å². The summed E-state index contributed by atoms with van der Waals surface area (Å²) in [6.07, 6.45) is 2.28. The molecule has 0 aromatic rings. The van der Waals surface area contributed by atoms with Gasteiger partial charge in [0.05, 0.1) is 38.1 Å². The number of unbranched alkanes of at least 4 members (excludes halogenated alkanes) is 10. The van der Waals surface area contributed by atoms with Crippen molar-refractivity contribution in [3.63, 3.8) is 0 Å². The summed E-state index contributed by atoms with van der Waals surface area (Å²) in [7, 11) is 0. The number of hydrogen-bond donors (Lipinski definition) is 15. The number of nitrogens with one attached hydrogen (secondary N) is 6. The van der Waals surface area contributed by atoms with E-state index in [2.05, 4.69) is 31.9 Å². The van der Waals surface area contributed by atoms with Crippen molar-refractivity contribution in [1.82, 2.24) is 31.9 Å². The summed E-state index contributed by atoms with van der Waals surface area (Å²) in [6, 6.07) is -0.0224. The summed E-state index contributed by atoms with van der Waals surface area (Å²) in [5.74, 6) is -1.85. The number of ether oxygens (including phenoxy) is 6. The predicted octanol–water partition coefficient (Wildman–Crippen LogP) is 1.29. The molecular formula is C65H120N6O21. The van der Waals surface area contributed by atoms with Crippen molar-refractivity contribution in [3.05, 3.63) is 0 Å². The highest BCUT2D eigenvalue weighted by atomic mass is 16.7. The molecule has 3 saturated heterocycles. The molecule has 0 aromatic carbocycles. The van der Waals surface area contributed by atoms with Crippen molar-refractivity contribution in [3.8, 4) is 0 Å². The van der Waals surface area contributed by atoms with Crippen LogP contribution in [0.15, 0.2) is 0 Å². The monoisotopic (exact) mass is 1320 g/mol. The number of ketones is 1. The molecule has 3 rings (SSSR count). The summed E-state index contributed by atoms with van der Waals surface area (Å²) in [5.41, 5.74) is -0.703. The van der Waals surface area contributed by atoms with E-state index in [9.17, 15) is 74.7 Å². The highest BCUT2D eigenvalue weighted by Gasteiger charge is 2.45. The number of carbonyl (C=O) groups is 6. The molecule has 27 nitrogen and oxygen atoms in total. The van der Waals surface area contributed by atoms with Gasteiger partial charge in [-0.2, -0.15) is 0 Å². The molecule has 0 bridgehead atoms. The summed E-state index contributed by atoms with van der Waals surface area (Å²) < 4.78 is 34.1. The van der Waals surface area contributed by atoms with E-state index in [4.69, 9.17) is 28.4 Å². The molecule has 6 unspecified atom stereocenters. The summed E-state index contributed by atoms with van der Waals surface area (Å²) in [6.45, 7) is 11.1. The Labute approximate surface area is 545 Å². The van der Waals surface area contributed by atoms with Crippen LogP contribution >= 0.6 is 0 Å². The zero-order valence-electron chi connectivity index (χ0n) is 55.8. The molecule has 15 atom stereocenters. The standard InChI is InChI=1S/C65H120N6O21/c1-43(2)71-65(29-26-47(75)22-10-6-14-32-66-51(76)23-11-7-19-37-87-62-44(3)56(81)59(84)48(40-72)90-62,30-27-54(79)69-35-17-15-33-67-52(77)24-12-8-20-38-88-63-45(4)57(82)60(85)49(41-73)91-63)31-28-55(80)70-36-18-16-34-68-53(78)25-13-9-21-39-89-64-46(5)58(83)61(86)50(42-74)92-64/h43-46,48-50,56-64,71-74,81-86H,6-42H2,1-5H3,(H,66,76)(H,67,77)(H,68,78)(H,69,79)(H,70,80)/t44?,45?,46?,48?,49?,50?,56-,57-,58-,59+,60+,61+,62-,63-,64-,65?/m1/s1. The zero-order valence-corrected chi connectivity index (χ0v) is 55.8. The quantitative estimate of drug-likeness (QED) is 0.0382. The van der Waals surface area contributed by atoms with Gasteiger partial charge in [-0.05, 0) is 96.3 Å². The summed E-state index contributed by atoms with van der Waals surface area (Å²) >= 11 is 0. The topological polar surface area (TPSA) is 412 Å². The molecule has 27 heteroatoms. The zero-order chi connectivity index (χ0) is 67.8. The Kier molecular flexibility index (Phi) is 42.5. The second-order valence-corrected chi connectivity index (χ2v) is 25.8. The van der Waals surface area contributed by atoms with Gasteiger partial charge < -0.3 is 106 Å². The first-order valence-corrected chi connectivity index (χ1v) is 34.4. The number of hydrogen-bond acceptors (Lipinski definition) is 22. The van der Waals surface area contributed by atoms with Crippen molar-refractivity contribution in [2.45, 2.75) is 287 Å². The second kappa shape index (κ2) is 47.3. The molecule has 3 heterocycles. The van der Waals surface area contributed by atoms with E-state index in [1.165, 1.54) is 0 Å². The van der Waals surface area contributed by atoms with Gasteiger partial charge in [-0.3, -0.25) is 28.8 Å². The first kappa shape index (κ1) is 82.6. The average Bonchev–Trinajstić information content (AvgIpc) is 0.908. The number of rotatable bonds is 51. The van der Waals surface area contributed by atoms with E-state index >= 15 is 0 Å². The maximum Gasteiger partial charge on any atom is 0.220 e. The summed E-state index contributed by atoms with van der Waals surface area (Å²) in [4.78, 5) is 77.6. The number of Topliss-reactive ketones (excluding diaryl/α,β-unsaturated/α-hetero) is 1. The number of aliphatic hydroxyl groups is 9. The van der Waals surface area contributed by atoms with Crippen LogP contribution in [0.2, 0.25) is 0 Å². The molecule has 536 valence electrons. The normalized spacial score (nSPS) is 27.3. The molecular weight excluding hydrogens is 1200 g/mol. The van der Waals surface area contributed by atoms with Crippen LogP contribution in [0.3, 0.4) is 0 Å². The lowest BCUT2D eigenvalue weighted by Crippen LogP contribution is -2.55. The van der Waals surface area contributed by atoms with Crippen molar-refractivity contribution in [2.24, 2.45) is 17.8 Å². The Morgan fingerprint density at radius 3 is 0.946 bits per heavy atom. The molecule has 3 fully saturated rings. The van der Waals surface area contributed by atoms with Crippen LogP contribution < -0.4 is 31.9 Å². The third-order valence-corrected chi connectivity index (χ3v) is 17.6. The van der Waals surface area contributed by atoms with E-state index in [1.807, 2.05) is 13.8 Å². The van der Waals surface area contributed by atoms with Crippen LogP contribution in [-0.4, -0.2) is 239 Å². The van der Waals surface area contributed by atoms with Gasteiger partial charge in [-0.15, -0.1) is 0 Å². The van der Waals surface area contributed by atoms with Crippen LogP contribution in [0.4, 0.5) is 0 Å². The second-order valence-electron chi connectivity index (χ2n) is 25.8. The van der Waals surface area contributed by atoms with Crippen LogP contribution in [0, 0.1) is 17.8 Å². The predicted molar refractivity (Wildman–Crippen MR) is 340 cm³/mol. The first-order chi connectivity index (χ1) is 44.1. The van der Waals surface area contributed by atoms with E-state index in [0.29, 0.717) is 175 Å². The van der Waals surface area contributed by atoms with Gasteiger partial charge >= 0.3 is 0 Å². The maximum atomic E-state index is 13.4. The third-order valence-electron chi connectivity index (χ3n) is 17.6. The SMILES string of the molecule is CC(C)NC(CCC(=O)CCCCCNC(=O)CCCCCO[C@@H]1OC(CO)[C@H](O)[C@H](O)C1C)(CCC(=O)NCCCCNC(=O)CCCCCO[C@@H]1OC(CO)[C@H](O)[C@H](O)C1C)CCC(=O)NCCCCNC(=O)CCCCCO[C@@H]1OC(CO)[C@H](O)[C@H](O)C1C. The Morgan fingerprint density at radius 2 is 0.641 bits per heavy atom. The number of amides is 5. The van der Waals surface area contributed by atoms with Crippen molar-refractivity contribution >= 4 is 35.3 Å². The van der Waals surface area contributed by atoms with Crippen LogP contribution in [0.1, 0.15) is 202 Å². The lowest BCUT2D eigenvalue weighted by atomic mass is 9.81. The smallest absolute Gasteiger partial charge is 0.220 e. The highest BCUT2D eigenvalue weighted by molar-refractivity contribution is 5.79. The lowest BCUT2D eigenvalue weighted by Gasteiger charge is -2.40. The molecule has 15 N–H and O–H groups in total. The fourth-order valence-electron chi connectivity index (χ4n) is 11.6. The van der Waals surface area contributed by atoms with Crippen LogP contribution in [0.25, 0.3) is 0 Å². The molecule has 5 amide bonds. The minimum absolute atomic E-state index is 0.0224. The van der Waals surface area contributed by atoms with E-state index in [0.717, 1.165) is 25.7 Å². The fourth-order valence-corrected chi connectivity index (χ4v) is 11.6. The average molecular weight is 1320 g/mol. The summed E-state index contributed by atoms with van der Waals surface area (Å²) in [5, 5.41) is 108. The van der Waals surface area contributed by atoms with Crippen molar-refractivity contribution in [2.75, 3.05) is 72.4 Å². The molecule has 0 saturated carbocycles. The van der Waals surface area contributed by atoms with Crippen LogP contribution in [0.5, 0.6) is 0 Å². The van der Waals surface area contributed by atoms with E-state index < -0.39 is 117 Å². The van der Waals surface area contributed by atoms with Gasteiger partial charge in [0.15, 0.2) is 18.9 Å². The maximum absolute atomic E-state index is 13.4. The lowest BCUT2D eigenvalue weighted by molar-refractivity contribution is -0.282. The van der Waals surface area contributed by atoms with E-state index in [-0.39, 0.29) is 60.6 Å². The molecule has 92 heavy (non-hydrogen) atoms. The van der Waals surface area contributed by atoms with Crippen molar-refractivity contribution < 1.29 is 103 Å². The third kappa shape index (κ3) is 32.4. The van der Waals surface area contributed by atoms with Gasteiger partial charge in [0.1, 0.15) is 42.4 Å². The van der Waals surface area contributed by atoms with Gasteiger partial charge in [0.2, 0.25) is 29.5 Å². The Bertz CT molecular complexity index is 1830. The highest BCUT2D eigenvalue weighted by Crippen LogP contribution is 2.31. The largest absolute Gasteiger partial charge is 0.394 e. The van der Waals surface area contributed by atoms with Gasteiger partial charge in [0.25, 0.3) is 0 Å². The molecule has 0 radical (unpaired) electrons. The Morgan fingerprint density at radius 1 is 0.370 bits per heavy atom. The molecule has 0 aliphatic carbocycles. The first-order valence-electron chi connectivity index (χ1n) is 34.4.